The van der Waals surface area contributed by atoms with Crippen LogP contribution in [0.15, 0.2) is 53.3 Å². The van der Waals surface area contributed by atoms with E-state index in [9.17, 15) is 4.79 Å². The lowest BCUT2D eigenvalue weighted by Gasteiger charge is -2.05. The molecule has 100 valence electrons. The lowest BCUT2D eigenvalue weighted by atomic mass is 10.1. The van der Waals surface area contributed by atoms with E-state index >= 15 is 0 Å². The molecule has 0 aliphatic rings. The Morgan fingerprint density at radius 2 is 2.00 bits per heavy atom. The number of nitrogen functional groups attached to an aromatic ring is 1. The maximum absolute atomic E-state index is 12.2. The van der Waals surface area contributed by atoms with Gasteiger partial charge in [0.05, 0.1) is 23.7 Å². The highest BCUT2D eigenvalue weighted by atomic mass is 16.3. The number of aryl methyl sites for hydroxylation is 1. The van der Waals surface area contributed by atoms with E-state index in [1.165, 1.54) is 17.1 Å². The van der Waals surface area contributed by atoms with Gasteiger partial charge >= 0.3 is 0 Å². The van der Waals surface area contributed by atoms with Gasteiger partial charge in [-0.15, -0.1) is 0 Å². The number of rotatable bonds is 3. The maximum Gasteiger partial charge on any atom is 0.233 e. The zero-order valence-electron chi connectivity index (χ0n) is 10.9. The summed E-state index contributed by atoms with van der Waals surface area (Å²) in [6, 6.07) is 11.0. The van der Waals surface area contributed by atoms with Gasteiger partial charge in [0.1, 0.15) is 5.82 Å². The number of aromatic nitrogens is 2. The Morgan fingerprint density at radius 3 is 2.65 bits per heavy atom. The summed E-state index contributed by atoms with van der Waals surface area (Å²) in [6.45, 7) is 2.00. The van der Waals surface area contributed by atoms with E-state index < -0.39 is 0 Å². The first-order valence-corrected chi connectivity index (χ1v) is 6.15. The number of anilines is 1. The van der Waals surface area contributed by atoms with E-state index in [0.29, 0.717) is 11.4 Å². The Kier molecular flexibility index (Phi) is 2.87. The molecule has 5 heteroatoms. The van der Waals surface area contributed by atoms with Crippen LogP contribution in [0.1, 0.15) is 21.7 Å². The van der Waals surface area contributed by atoms with Crippen LogP contribution in [-0.2, 0) is 0 Å². The fraction of sp³-hybridized carbons (Fsp3) is 0.0667. The molecule has 0 saturated carbocycles. The molecule has 3 aromatic rings. The number of nitrogens with two attached hydrogens (primary N) is 1. The Labute approximate surface area is 115 Å². The number of carbonyl (C=O) groups is 1. The van der Waals surface area contributed by atoms with Crippen molar-refractivity contribution >= 4 is 11.6 Å². The minimum absolute atomic E-state index is 0.250. The molecule has 2 N–H and O–H groups in total. The quantitative estimate of drug-likeness (QED) is 0.740. The average molecular weight is 267 g/mol. The van der Waals surface area contributed by atoms with Gasteiger partial charge < -0.3 is 10.2 Å². The van der Waals surface area contributed by atoms with Gasteiger partial charge in [0.25, 0.3) is 0 Å². The minimum atomic E-state index is -0.272. The fourth-order valence-electron chi connectivity index (χ4n) is 1.97. The molecule has 2 heterocycles. The Balaban J connectivity index is 2.01. The predicted molar refractivity (Wildman–Crippen MR) is 74.9 cm³/mol. The second kappa shape index (κ2) is 4.70. The molecule has 0 fully saturated rings. The van der Waals surface area contributed by atoms with Crippen LogP contribution >= 0.6 is 0 Å². The van der Waals surface area contributed by atoms with E-state index in [4.69, 9.17) is 10.2 Å². The summed E-state index contributed by atoms with van der Waals surface area (Å²) in [6.07, 6.45) is 2.91. The maximum atomic E-state index is 12.2. The Morgan fingerprint density at radius 1 is 1.25 bits per heavy atom. The first-order chi connectivity index (χ1) is 9.66. The van der Waals surface area contributed by atoms with E-state index in [2.05, 4.69) is 5.10 Å². The molecule has 5 nitrogen and oxygen atoms in total. The van der Waals surface area contributed by atoms with Crippen LogP contribution in [0.2, 0.25) is 0 Å². The van der Waals surface area contributed by atoms with Gasteiger partial charge in [0, 0.05) is 0 Å². The second-order valence-electron chi connectivity index (χ2n) is 4.50. The average Bonchev–Trinajstić information content (AvgIpc) is 3.09. The zero-order chi connectivity index (χ0) is 14.1. The lowest BCUT2D eigenvalue weighted by molar-refractivity contribution is 0.101. The third kappa shape index (κ3) is 1.99. The topological polar surface area (TPSA) is 74.0 Å². The van der Waals surface area contributed by atoms with Crippen molar-refractivity contribution in [2.45, 2.75) is 6.92 Å². The molecule has 1 aromatic carbocycles. The van der Waals surface area contributed by atoms with Crippen molar-refractivity contribution in [1.82, 2.24) is 9.78 Å². The molecular formula is C15H13N3O2. The van der Waals surface area contributed by atoms with Crippen LogP contribution in [0.3, 0.4) is 0 Å². The molecular weight excluding hydrogens is 254 g/mol. The van der Waals surface area contributed by atoms with E-state index in [1.54, 1.807) is 12.1 Å². The van der Waals surface area contributed by atoms with Gasteiger partial charge in [0.15, 0.2) is 5.76 Å². The summed E-state index contributed by atoms with van der Waals surface area (Å²) in [5, 5.41) is 4.18. The van der Waals surface area contributed by atoms with Crippen molar-refractivity contribution in [3.8, 4) is 5.69 Å². The summed E-state index contributed by atoms with van der Waals surface area (Å²) in [5.74, 6) is 0.279. The fourth-order valence-corrected chi connectivity index (χ4v) is 1.97. The largest absolute Gasteiger partial charge is 0.461 e. The van der Waals surface area contributed by atoms with Crippen molar-refractivity contribution in [3.05, 3.63) is 65.7 Å². The number of benzene rings is 1. The SMILES string of the molecule is Cc1ccc(-n2ncc(C(=O)c3ccco3)c2N)cc1. The molecule has 0 spiro atoms. The van der Waals surface area contributed by atoms with Crippen molar-refractivity contribution in [3.63, 3.8) is 0 Å². The zero-order valence-corrected chi connectivity index (χ0v) is 10.9. The summed E-state index contributed by atoms with van der Waals surface area (Å²) in [4.78, 5) is 12.2. The number of hydrogen-bond acceptors (Lipinski definition) is 4. The van der Waals surface area contributed by atoms with E-state index in [0.717, 1.165) is 11.3 Å². The van der Waals surface area contributed by atoms with Gasteiger partial charge in [-0.05, 0) is 31.2 Å². The van der Waals surface area contributed by atoms with E-state index in [1.807, 2.05) is 31.2 Å². The Hall–Kier alpha value is -2.82. The van der Waals surface area contributed by atoms with Crippen molar-refractivity contribution in [2.75, 3.05) is 5.73 Å². The van der Waals surface area contributed by atoms with Crippen LogP contribution in [0.5, 0.6) is 0 Å². The lowest BCUT2D eigenvalue weighted by Crippen LogP contribution is -2.06. The normalized spacial score (nSPS) is 10.7. The Bertz CT molecular complexity index is 740. The van der Waals surface area contributed by atoms with Gasteiger partial charge in [-0.3, -0.25) is 4.79 Å². The molecule has 0 atom stereocenters. The molecule has 3 rings (SSSR count). The predicted octanol–water partition coefficient (Wildman–Crippen LogP) is 2.59. The summed E-state index contributed by atoms with van der Waals surface area (Å²) < 4.78 is 6.63. The molecule has 0 unspecified atom stereocenters. The van der Waals surface area contributed by atoms with Crippen LogP contribution in [0, 0.1) is 6.92 Å². The first-order valence-electron chi connectivity index (χ1n) is 6.15. The van der Waals surface area contributed by atoms with Crippen LogP contribution in [0.4, 0.5) is 5.82 Å². The summed E-state index contributed by atoms with van der Waals surface area (Å²) in [5.41, 5.74) is 8.31. The number of ketones is 1. The highest BCUT2D eigenvalue weighted by Crippen LogP contribution is 2.20. The molecule has 0 aliphatic carbocycles. The molecule has 2 aromatic heterocycles. The summed E-state index contributed by atoms with van der Waals surface area (Å²) >= 11 is 0. The highest BCUT2D eigenvalue weighted by Gasteiger charge is 2.19. The van der Waals surface area contributed by atoms with Gasteiger partial charge in [-0.2, -0.15) is 5.10 Å². The van der Waals surface area contributed by atoms with Crippen molar-refractivity contribution in [1.29, 1.82) is 0 Å². The third-order valence-corrected chi connectivity index (χ3v) is 3.07. The molecule has 0 saturated heterocycles. The van der Waals surface area contributed by atoms with Crippen molar-refractivity contribution < 1.29 is 9.21 Å². The summed E-state index contributed by atoms with van der Waals surface area (Å²) in [7, 11) is 0. The molecule has 20 heavy (non-hydrogen) atoms. The van der Waals surface area contributed by atoms with Crippen molar-refractivity contribution in [2.24, 2.45) is 0 Å². The monoisotopic (exact) mass is 267 g/mol. The molecule has 0 amide bonds. The van der Waals surface area contributed by atoms with Crippen LogP contribution < -0.4 is 5.73 Å². The highest BCUT2D eigenvalue weighted by molar-refractivity contribution is 6.09. The van der Waals surface area contributed by atoms with Gasteiger partial charge in [-0.25, -0.2) is 4.68 Å². The first kappa shape index (κ1) is 12.2. The van der Waals surface area contributed by atoms with Gasteiger partial charge in [0.2, 0.25) is 5.78 Å². The number of carbonyl (C=O) groups excluding carboxylic acids is 1. The minimum Gasteiger partial charge on any atom is -0.461 e. The molecule has 0 bridgehead atoms. The van der Waals surface area contributed by atoms with E-state index in [-0.39, 0.29) is 11.5 Å². The number of hydrogen-bond donors (Lipinski definition) is 1. The third-order valence-electron chi connectivity index (χ3n) is 3.07. The number of nitrogens with zero attached hydrogens (tertiary/aromatic N) is 2. The van der Waals surface area contributed by atoms with Crippen LogP contribution in [-0.4, -0.2) is 15.6 Å². The standard InChI is InChI=1S/C15H13N3O2/c1-10-4-6-11(7-5-10)18-15(16)12(9-17-18)14(19)13-3-2-8-20-13/h2-9H,16H2,1H3. The van der Waals surface area contributed by atoms with Gasteiger partial charge in [-0.1, -0.05) is 17.7 Å². The number of furan rings is 1. The van der Waals surface area contributed by atoms with Crippen LogP contribution in [0.25, 0.3) is 5.69 Å². The smallest absolute Gasteiger partial charge is 0.233 e. The molecule has 0 radical (unpaired) electrons. The molecule has 0 aliphatic heterocycles. The second-order valence-corrected chi connectivity index (χ2v) is 4.50.